The molecule has 0 aromatic heterocycles. The van der Waals surface area contributed by atoms with Crippen LogP contribution in [0.25, 0.3) is 0 Å². The predicted octanol–water partition coefficient (Wildman–Crippen LogP) is 2.27. The zero-order valence-corrected chi connectivity index (χ0v) is 14.6. The first-order valence-corrected chi connectivity index (χ1v) is 8.70. The molecular weight excluding hydrogens is 304 g/mol. The van der Waals surface area contributed by atoms with Gasteiger partial charge in [-0.2, -0.15) is 0 Å². The molecule has 1 unspecified atom stereocenters. The Kier molecular flexibility index (Phi) is 6.37. The van der Waals surface area contributed by atoms with Gasteiger partial charge in [0, 0.05) is 26.6 Å². The molecule has 2 rings (SSSR count). The maximum atomic E-state index is 12.7. The van der Waals surface area contributed by atoms with Gasteiger partial charge in [0.05, 0.1) is 12.5 Å². The van der Waals surface area contributed by atoms with Gasteiger partial charge in [-0.25, -0.2) is 0 Å². The SMILES string of the molecule is CCC1(CO)CCN(C(=O)CC(NC(C)=O)c2ccccc2)CC1. The fraction of sp³-hybridized carbons (Fsp3) is 0.579. The van der Waals surface area contributed by atoms with Crippen LogP contribution < -0.4 is 5.32 Å². The Labute approximate surface area is 144 Å². The number of carbonyl (C=O) groups excluding carboxylic acids is 2. The van der Waals surface area contributed by atoms with E-state index >= 15 is 0 Å². The second-order valence-electron chi connectivity index (χ2n) is 6.76. The normalized spacial score (nSPS) is 18.0. The molecule has 0 spiro atoms. The molecular formula is C19H28N2O3. The highest BCUT2D eigenvalue weighted by Gasteiger charge is 2.34. The lowest BCUT2D eigenvalue weighted by Crippen LogP contribution is -2.45. The summed E-state index contributed by atoms with van der Waals surface area (Å²) in [5, 5.41) is 12.5. The van der Waals surface area contributed by atoms with Crippen LogP contribution >= 0.6 is 0 Å². The van der Waals surface area contributed by atoms with Gasteiger partial charge in [0.25, 0.3) is 0 Å². The summed E-state index contributed by atoms with van der Waals surface area (Å²) in [6.07, 6.45) is 2.87. The summed E-state index contributed by atoms with van der Waals surface area (Å²) in [4.78, 5) is 26.0. The number of nitrogens with one attached hydrogen (secondary N) is 1. The van der Waals surface area contributed by atoms with Crippen molar-refractivity contribution in [1.82, 2.24) is 10.2 Å². The van der Waals surface area contributed by atoms with Crippen molar-refractivity contribution < 1.29 is 14.7 Å². The lowest BCUT2D eigenvalue weighted by atomic mass is 9.77. The molecule has 0 saturated carbocycles. The first-order valence-electron chi connectivity index (χ1n) is 8.70. The molecule has 1 saturated heterocycles. The van der Waals surface area contributed by atoms with E-state index in [9.17, 15) is 14.7 Å². The van der Waals surface area contributed by atoms with Gasteiger partial charge in [0.2, 0.25) is 11.8 Å². The summed E-state index contributed by atoms with van der Waals surface area (Å²) in [5.41, 5.74) is 0.907. The zero-order chi connectivity index (χ0) is 17.6. The van der Waals surface area contributed by atoms with Gasteiger partial charge in [-0.3, -0.25) is 9.59 Å². The van der Waals surface area contributed by atoms with Crippen LogP contribution in [0.3, 0.4) is 0 Å². The largest absolute Gasteiger partial charge is 0.396 e. The molecule has 0 bridgehead atoms. The quantitative estimate of drug-likeness (QED) is 0.839. The minimum absolute atomic E-state index is 0.0345. The summed E-state index contributed by atoms with van der Waals surface area (Å²) in [5.74, 6) is -0.0826. The predicted molar refractivity (Wildman–Crippen MR) is 93.2 cm³/mol. The Morgan fingerprint density at radius 1 is 1.25 bits per heavy atom. The van der Waals surface area contributed by atoms with E-state index in [1.807, 2.05) is 35.2 Å². The van der Waals surface area contributed by atoms with Gasteiger partial charge >= 0.3 is 0 Å². The maximum absolute atomic E-state index is 12.7. The van der Waals surface area contributed by atoms with Gasteiger partial charge < -0.3 is 15.3 Å². The van der Waals surface area contributed by atoms with Crippen LogP contribution in [0.1, 0.15) is 51.1 Å². The lowest BCUT2D eigenvalue weighted by molar-refractivity contribution is -0.135. The molecule has 1 aliphatic heterocycles. The van der Waals surface area contributed by atoms with E-state index in [2.05, 4.69) is 12.2 Å². The monoisotopic (exact) mass is 332 g/mol. The van der Waals surface area contributed by atoms with Gasteiger partial charge in [-0.15, -0.1) is 0 Å². The molecule has 5 nitrogen and oxygen atoms in total. The molecule has 0 radical (unpaired) electrons. The fourth-order valence-corrected chi connectivity index (χ4v) is 3.34. The smallest absolute Gasteiger partial charge is 0.224 e. The first-order chi connectivity index (χ1) is 11.5. The van der Waals surface area contributed by atoms with E-state index < -0.39 is 0 Å². The number of hydrogen-bond donors (Lipinski definition) is 2. The van der Waals surface area contributed by atoms with Crippen LogP contribution in [0.4, 0.5) is 0 Å². The van der Waals surface area contributed by atoms with Gasteiger partial charge in [-0.1, -0.05) is 37.3 Å². The summed E-state index contributed by atoms with van der Waals surface area (Å²) in [6.45, 7) is 5.10. The summed E-state index contributed by atoms with van der Waals surface area (Å²) < 4.78 is 0. The van der Waals surface area contributed by atoms with E-state index in [-0.39, 0.29) is 36.3 Å². The highest BCUT2D eigenvalue weighted by molar-refractivity contribution is 5.79. The van der Waals surface area contributed by atoms with Gasteiger partial charge in [0.15, 0.2) is 0 Å². The fourth-order valence-electron chi connectivity index (χ4n) is 3.34. The summed E-state index contributed by atoms with van der Waals surface area (Å²) in [7, 11) is 0. The van der Waals surface area contributed by atoms with E-state index in [0.29, 0.717) is 13.1 Å². The van der Waals surface area contributed by atoms with Gasteiger partial charge in [0.1, 0.15) is 0 Å². The Morgan fingerprint density at radius 3 is 2.38 bits per heavy atom. The molecule has 1 fully saturated rings. The number of hydrogen-bond acceptors (Lipinski definition) is 3. The van der Waals surface area contributed by atoms with E-state index in [0.717, 1.165) is 24.8 Å². The van der Waals surface area contributed by atoms with Crippen LogP contribution in [0.5, 0.6) is 0 Å². The molecule has 1 aromatic carbocycles. The van der Waals surface area contributed by atoms with Crippen molar-refractivity contribution in [2.24, 2.45) is 5.41 Å². The molecule has 1 aromatic rings. The minimum atomic E-state index is -0.299. The van der Waals surface area contributed by atoms with Crippen LogP contribution in [-0.2, 0) is 9.59 Å². The number of aliphatic hydroxyl groups excluding tert-OH is 1. The summed E-state index contributed by atoms with van der Waals surface area (Å²) in [6, 6.07) is 9.29. The lowest BCUT2D eigenvalue weighted by Gasteiger charge is -2.40. The van der Waals surface area contributed by atoms with Gasteiger partial charge in [-0.05, 0) is 30.2 Å². The van der Waals surface area contributed by atoms with Crippen LogP contribution in [-0.4, -0.2) is 41.5 Å². The van der Waals surface area contributed by atoms with Crippen molar-refractivity contribution in [3.8, 4) is 0 Å². The number of piperidine rings is 1. The van der Waals surface area contributed by atoms with E-state index in [4.69, 9.17) is 0 Å². The molecule has 0 aliphatic carbocycles. The molecule has 1 aliphatic rings. The molecule has 1 atom stereocenters. The van der Waals surface area contributed by atoms with Crippen molar-refractivity contribution in [1.29, 1.82) is 0 Å². The number of aliphatic hydroxyl groups is 1. The number of rotatable bonds is 6. The third kappa shape index (κ3) is 4.57. The highest BCUT2D eigenvalue weighted by atomic mass is 16.3. The average molecular weight is 332 g/mol. The third-order valence-corrected chi connectivity index (χ3v) is 5.22. The number of amides is 2. The second-order valence-corrected chi connectivity index (χ2v) is 6.76. The van der Waals surface area contributed by atoms with Crippen molar-refractivity contribution in [3.63, 3.8) is 0 Å². The molecule has 1 heterocycles. The molecule has 2 N–H and O–H groups in total. The van der Waals surface area contributed by atoms with Crippen molar-refractivity contribution in [2.75, 3.05) is 19.7 Å². The minimum Gasteiger partial charge on any atom is -0.396 e. The Bertz CT molecular complexity index is 545. The Balaban J connectivity index is 2.00. The van der Waals surface area contributed by atoms with E-state index in [1.54, 1.807) is 0 Å². The number of benzene rings is 1. The molecule has 132 valence electrons. The summed E-state index contributed by atoms with van der Waals surface area (Å²) >= 11 is 0. The standard InChI is InChI=1S/C19H28N2O3/c1-3-19(14-22)9-11-21(12-10-19)18(24)13-17(20-15(2)23)16-7-5-4-6-8-16/h4-8,17,22H,3,9-14H2,1-2H3,(H,20,23). The number of likely N-dealkylation sites (tertiary alicyclic amines) is 1. The van der Waals surface area contributed by atoms with E-state index in [1.165, 1.54) is 6.92 Å². The van der Waals surface area contributed by atoms with Crippen molar-refractivity contribution in [3.05, 3.63) is 35.9 Å². The Morgan fingerprint density at radius 2 is 1.88 bits per heavy atom. The molecule has 5 heteroatoms. The van der Waals surface area contributed by atoms with Crippen molar-refractivity contribution >= 4 is 11.8 Å². The van der Waals surface area contributed by atoms with Crippen LogP contribution in [0.2, 0.25) is 0 Å². The number of nitrogens with zero attached hydrogens (tertiary/aromatic N) is 1. The zero-order valence-electron chi connectivity index (χ0n) is 14.6. The number of carbonyl (C=O) groups is 2. The second kappa shape index (κ2) is 8.29. The topological polar surface area (TPSA) is 69.6 Å². The van der Waals surface area contributed by atoms with Crippen LogP contribution in [0.15, 0.2) is 30.3 Å². The highest BCUT2D eigenvalue weighted by Crippen LogP contribution is 2.34. The maximum Gasteiger partial charge on any atom is 0.224 e. The first kappa shape index (κ1) is 18.5. The molecule has 24 heavy (non-hydrogen) atoms. The van der Waals surface area contributed by atoms with Crippen LogP contribution in [0, 0.1) is 5.41 Å². The van der Waals surface area contributed by atoms with Crippen molar-refractivity contribution in [2.45, 2.75) is 45.6 Å². The third-order valence-electron chi connectivity index (χ3n) is 5.22. The molecule has 2 amide bonds. The average Bonchev–Trinajstić information content (AvgIpc) is 2.61. The Hall–Kier alpha value is -1.88.